The molecular weight excluding hydrogens is 274 g/mol. The molecule has 2 rings (SSSR count). The quantitative estimate of drug-likeness (QED) is 0.886. The molecule has 0 spiro atoms. The molecule has 7 heteroatoms. The lowest BCUT2D eigenvalue weighted by Crippen LogP contribution is -2.24. The van der Waals surface area contributed by atoms with Gasteiger partial charge in [0.2, 0.25) is 5.89 Å². The molecule has 0 aliphatic rings. The Morgan fingerprint density at radius 2 is 1.90 bits per heavy atom. The van der Waals surface area contributed by atoms with Crippen molar-refractivity contribution in [2.24, 2.45) is 0 Å². The maximum atomic E-state index is 12.0. The average molecular weight is 289 g/mol. The summed E-state index contributed by atoms with van der Waals surface area (Å²) in [6, 6.07) is 2.73. The molecule has 0 fully saturated rings. The Morgan fingerprint density at radius 1 is 1.19 bits per heavy atom. The first kappa shape index (κ1) is 14.7. The molecule has 0 saturated heterocycles. The molecule has 7 nitrogen and oxygen atoms in total. The number of pyridine rings is 1. The van der Waals surface area contributed by atoms with Crippen LogP contribution in [0, 0.1) is 20.8 Å². The highest BCUT2D eigenvalue weighted by Gasteiger charge is 2.14. The van der Waals surface area contributed by atoms with Gasteiger partial charge in [0.25, 0.3) is 5.91 Å². The lowest BCUT2D eigenvalue weighted by Gasteiger charge is -2.05. The van der Waals surface area contributed by atoms with Crippen molar-refractivity contribution in [1.82, 2.24) is 15.3 Å². The summed E-state index contributed by atoms with van der Waals surface area (Å²) in [7, 11) is 0. The normalized spacial score (nSPS) is 10.4. The number of carboxylic acids is 1. The molecule has 2 aromatic rings. The van der Waals surface area contributed by atoms with E-state index in [1.165, 1.54) is 12.1 Å². The molecule has 2 N–H and O–H groups in total. The number of rotatable bonds is 4. The minimum Gasteiger partial charge on any atom is -0.478 e. The van der Waals surface area contributed by atoms with E-state index >= 15 is 0 Å². The van der Waals surface area contributed by atoms with E-state index in [2.05, 4.69) is 15.3 Å². The Morgan fingerprint density at radius 3 is 2.43 bits per heavy atom. The van der Waals surface area contributed by atoms with Gasteiger partial charge in [0.05, 0.1) is 23.5 Å². The van der Waals surface area contributed by atoms with Gasteiger partial charge in [0.1, 0.15) is 11.5 Å². The summed E-state index contributed by atoms with van der Waals surface area (Å²) in [5, 5.41) is 11.5. The van der Waals surface area contributed by atoms with Gasteiger partial charge < -0.3 is 14.8 Å². The summed E-state index contributed by atoms with van der Waals surface area (Å²) in [6.07, 6.45) is 0. The van der Waals surface area contributed by atoms with Crippen molar-refractivity contribution in [3.8, 4) is 0 Å². The van der Waals surface area contributed by atoms with Crippen molar-refractivity contribution < 1.29 is 19.1 Å². The van der Waals surface area contributed by atoms with Crippen LogP contribution in [0.4, 0.5) is 0 Å². The zero-order valence-corrected chi connectivity index (χ0v) is 11.9. The summed E-state index contributed by atoms with van der Waals surface area (Å²) in [5.74, 6) is -0.363. The first-order valence-corrected chi connectivity index (χ1v) is 6.30. The lowest BCUT2D eigenvalue weighted by molar-refractivity contribution is 0.0694. The average Bonchev–Trinajstić information content (AvgIpc) is 2.74. The van der Waals surface area contributed by atoms with E-state index in [4.69, 9.17) is 9.52 Å². The molecular formula is C14H15N3O4. The highest BCUT2D eigenvalue weighted by atomic mass is 16.4. The fourth-order valence-electron chi connectivity index (χ4n) is 1.77. The van der Waals surface area contributed by atoms with Crippen LogP contribution in [-0.2, 0) is 6.54 Å². The smallest absolute Gasteiger partial charge is 0.337 e. The Hall–Kier alpha value is -2.70. The van der Waals surface area contributed by atoms with Gasteiger partial charge in [0.15, 0.2) is 0 Å². The molecule has 0 aliphatic heterocycles. The second kappa shape index (κ2) is 5.74. The molecule has 1 amide bonds. The zero-order valence-electron chi connectivity index (χ0n) is 11.9. The maximum Gasteiger partial charge on any atom is 0.337 e. The van der Waals surface area contributed by atoms with E-state index in [0.717, 1.165) is 5.69 Å². The van der Waals surface area contributed by atoms with Crippen LogP contribution in [0.5, 0.6) is 0 Å². The molecule has 2 aromatic heterocycles. The van der Waals surface area contributed by atoms with Crippen molar-refractivity contribution in [1.29, 1.82) is 0 Å². The van der Waals surface area contributed by atoms with Gasteiger partial charge in [-0.05, 0) is 32.9 Å². The van der Waals surface area contributed by atoms with Crippen LogP contribution in [0.15, 0.2) is 16.5 Å². The molecule has 0 atom stereocenters. The predicted molar refractivity (Wildman–Crippen MR) is 73.1 cm³/mol. The highest BCUT2D eigenvalue weighted by molar-refractivity contribution is 5.94. The third kappa shape index (κ3) is 3.25. The van der Waals surface area contributed by atoms with Crippen molar-refractivity contribution in [2.45, 2.75) is 27.3 Å². The molecule has 0 aromatic carbocycles. The third-order valence-corrected chi connectivity index (χ3v) is 3.02. The van der Waals surface area contributed by atoms with E-state index in [9.17, 15) is 9.59 Å². The minimum absolute atomic E-state index is 0.0745. The van der Waals surface area contributed by atoms with Gasteiger partial charge in [-0.25, -0.2) is 14.8 Å². The van der Waals surface area contributed by atoms with E-state index in [1.54, 1.807) is 13.8 Å². The first-order chi connectivity index (χ1) is 9.88. The predicted octanol–water partition coefficient (Wildman–Crippen LogP) is 1.62. The van der Waals surface area contributed by atoms with Crippen LogP contribution in [0.25, 0.3) is 0 Å². The summed E-state index contributed by atoms with van der Waals surface area (Å²) >= 11 is 0. The molecule has 0 unspecified atom stereocenters. The summed E-state index contributed by atoms with van der Waals surface area (Å²) in [5.41, 5.74) is 1.29. The lowest BCUT2D eigenvalue weighted by atomic mass is 10.2. The number of aromatic carboxylic acids is 1. The van der Waals surface area contributed by atoms with Crippen molar-refractivity contribution >= 4 is 11.9 Å². The van der Waals surface area contributed by atoms with Crippen LogP contribution in [0.1, 0.15) is 43.9 Å². The zero-order chi connectivity index (χ0) is 15.6. The summed E-state index contributed by atoms with van der Waals surface area (Å²) in [6.45, 7) is 5.30. The van der Waals surface area contributed by atoms with Crippen LogP contribution >= 0.6 is 0 Å². The van der Waals surface area contributed by atoms with Gasteiger partial charge in [-0.15, -0.1) is 0 Å². The Kier molecular flexibility index (Phi) is 4.02. The molecule has 110 valence electrons. The molecule has 0 saturated carbocycles. The molecule has 0 bridgehead atoms. The van der Waals surface area contributed by atoms with Gasteiger partial charge in [-0.2, -0.15) is 0 Å². The van der Waals surface area contributed by atoms with Gasteiger partial charge in [-0.3, -0.25) is 4.79 Å². The molecule has 21 heavy (non-hydrogen) atoms. The summed E-state index contributed by atoms with van der Waals surface area (Å²) in [4.78, 5) is 31.0. The van der Waals surface area contributed by atoms with Crippen LogP contribution < -0.4 is 5.32 Å². The fraction of sp³-hybridized carbons (Fsp3) is 0.286. The van der Waals surface area contributed by atoms with Gasteiger partial charge in [-0.1, -0.05) is 0 Å². The number of hydrogen-bond donors (Lipinski definition) is 2. The first-order valence-electron chi connectivity index (χ1n) is 6.30. The number of oxazole rings is 1. The topological polar surface area (TPSA) is 105 Å². The second-order valence-corrected chi connectivity index (χ2v) is 4.57. The van der Waals surface area contributed by atoms with E-state index in [-0.39, 0.29) is 23.5 Å². The van der Waals surface area contributed by atoms with Crippen molar-refractivity contribution in [3.05, 3.63) is 46.4 Å². The monoisotopic (exact) mass is 289 g/mol. The SMILES string of the molecule is Cc1nc(C(=O)NCc2nc(C)c(C)o2)ccc1C(=O)O. The number of amides is 1. The number of nitrogens with one attached hydrogen (secondary N) is 1. The third-order valence-electron chi connectivity index (χ3n) is 3.02. The van der Waals surface area contributed by atoms with Crippen LogP contribution in [0.2, 0.25) is 0 Å². The van der Waals surface area contributed by atoms with Gasteiger partial charge in [0, 0.05) is 0 Å². The van der Waals surface area contributed by atoms with Crippen molar-refractivity contribution in [2.75, 3.05) is 0 Å². The molecule has 0 radical (unpaired) electrons. The number of nitrogens with zero attached hydrogens (tertiary/aromatic N) is 2. The second-order valence-electron chi connectivity index (χ2n) is 4.57. The van der Waals surface area contributed by atoms with Crippen LogP contribution in [0.3, 0.4) is 0 Å². The standard InChI is InChI=1S/C14H15N3O4/c1-7-9(3)21-12(17-7)6-15-13(18)11-5-4-10(14(19)20)8(2)16-11/h4-5H,6H2,1-3H3,(H,15,18)(H,19,20). The number of carbonyl (C=O) groups excluding carboxylic acids is 1. The number of hydrogen-bond acceptors (Lipinski definition) is 5. The minimum atomic E-state index is -1.07. The van der Waals surface area contributed by atoms with Crippen molar-refractivity contribution in [3.63, 3.8) is 0 Å². The summed E-state index contributed by atoms with van der Waals surface area (Å²) < 4.78 is 5.35. The van der Waals surface area contributed by atoms with Gasteiger partial charge >= 0.3 is 5.97 Å². The number of carbonyl (C=O) groups is 2. The highest BCUT2D eigenvalue weighted by Crippen LogP contribution is 2.09. The van der Waals surface area contributed by atoms with E-state index < -0.39 is 11.9 Å². The Labute approximate surface area is 121 Å². The Balaban J connectivity index is 2.06. The van der Waals surface area contributed by atoms with Crippen LogP contribution in [-0.4, -0.2) is 27.0 Å². The van der Waals surface area contributed by atoms with E-state index in [0.29, 0.717) is 11.7 Å². The number of carboxylic acid groups (broad SMARTS) is 1. The number of aryl methyl sites for hydroxylation is 3. The largest absolute Gasteiger partial charge is 0.478 e. The van der Waals surface area contributed by atoms with E-state index in [1.807, 2.05) is 6.92 Å². The molecule has 0 aliphatic carbocycles. The number of aromatic nitrogens is 2. The Bertz CT molecular complexity index is 687. The maximum absolute atomic E-state index is 12.0. The molecule has 2 heterocycles. The fourth-order valence-corrected chi connectivity index (χ4v) is 1.77.